The van der Waals surface area contributed by atoms with Crippen LogP contribution in [-0.4, -0.2) is 29.3 Å². The number of halogens is 1. The first-order valence-corrected chi connectivity index (χ1v) is 5.66. The van der Waals surface area contributed by atoms with Crippen molar-refractivity contribution in [2.75, 3.05) is 13.2 Å². The number of allylic oxidation sites excluding steroid dienone is 1. The van der Waals surface area contributed by atoms with E-state index < -0.39 is 0 Å². The largest absolute Gasteiger partial charge is 0.394 e. The molecule has 5 heteroatoms. The van der Waals surface area contributed by atoms with E-state index in [0.29, 0.717) is 10.7 Å². The molecule has 1 aliphatic heterocycles. The number of carbonyl (C=O) groups is 1. The number of benzene rings is 1. The smallest absolute Gasteiger partial charge is 0.249 e. The highest BCUT2D eigenvalue weighted by atomic mass is 35.5. The zero-order valence-electron chi connectivity index (χ0n) is 9.69. The van der Waals surface area contributed by atoms with E-state index in [9.17, 15) is 4.79 Å². The zero-order chi connectivity index (χ0) is 13.5. The topological polar surface area (TPSA) is 69.6 Å². The van der Waals surface area contributed by atoms with E-state index in [1.807, 2.05) is 12.1 Å². The van der Waals surface area contributed by atoms with Crippen LogP contribution >= 0.6 is 11.6 Å². The molecular formula is C13H14ClNO3. The van der Waals surface area contributed by atoms with Gasteiger partial charge in [0.2, 0.25) is 5.91 Å². The molecule has 1 aliphatic rings. The monoisotopic (exact) mass is 267 g/mol. The highest BCUT2D eigenvalue weighted by Gasteiger charge is 2.16. The van der Waals surface area contributed by atoms with Crippen LogP contribution in [-0.2, 0) is 4.79 Å². The Kier molecular flexibility index (Phi) is 5.58. The van der Waals surface area contributed by atoms with Crippen LogP contribution in [0.25, 0.3) is 5.57 Å². The minimum atomic E-state index is -0.125. The van der Waals surface area contributed by atoms with Crippen molar-refractivity contribution >= 4 is 23.1 Å². The molecule has 0 unspecified atom stereocenters. The first-order valence-electron chi connectivity index (χ1n) is 5.28. The molecule has 18 heavy (non-hydrogen) atoms. The number of hydrogen-bond acceptors (Lipinski definition) is 3. The lowest BCUT2D eigenvalue weighted by atomic mass is 10.1. The maximum absolute atomic E-state index is 11.0. The summed E-state index contributed by atoms with van der Waals surface area (Å²) in [5, 5.41) is 18.5. The van der Waals surface area contributed by atoms with Crippen molar-refractivity contribution in [1.82, 2.24) is 5.32 Å². The molecule has 2 rings (SSSR count). The molecule has 1 aromatic rings. The van der Waals surface area contributed by atoms with Gasteiger partial charge in [-0.15, -0.1) is 0 Å². The van der Waals surface area contributed by atoms with E-state index in [1.165, 1.54) is 6.08 Å². The van der Waals surface area contributed by atoms with E-state index in [0.717, 1.165) is 11.1 Å². The lowest BCUT2D eigenvalue weighted by Gasteiger charge is -2.03. The molecule has 0 aliphatic carbocycles. The highest BCUT2D eigenvalue weighted by Crippen LogP contribution is 2.24. The van der Waals surface area contributed by atoms with Gasteiger partial charge in [0.25, 0.3) is 0 Å². The zero-order valence-corrected chi connectivity index (χ0v) is 10.4. The molecule has 96 valence electrons. The predicted molar refractivity (Wildman–Crippen MR) is 70.9 cm³/mol. The molecule has 0 atom stereocenters. The lowest BCUT2D eigenvalue weighted by molar-refractivity contribution is -0.115. The summed E-state index contributed by atoms with van der Waals surface area (Å²) in [6.07, 6.45) is 1.53. The molecule has 0 saturated heterocycles. The molecule has 0 saturated carbocycles. The van der Waals surface area contributed by atoms with E-state index in [4.69, 9.17) is 21.8 Å². The summed E-state index contributed by atoms with van der Waals surface area (Å²) in [5.41, 5.74) is 2.40. The average Bonchev–Trinajstić information content (AvgIpc) is 2.70. The van der Waals surface area contributed by atoms with Gasteiger partial charge in [0, 0.05) is 22.4 Å². The number of rotatable bonds is 2. The summed E-state index contributed by atoms with van der Waals surface area (Å²) >= 11 is 5.76. The molecule has 0 spiro atoms. The van der Waals surface area contributed by atoms with Crippen LogP contribution in [0.3, 0.4) is 0 Å². The van der Waals surface area contributed by atoms with E-state index in [1.54, 1.807) is 12.1 Å². The molecule has 1 amide bonds. The van der Waals surface area contributed by atoms with E-state index >= 15 is 0 Å². The second-order valence-corrected chi connectivity index (χ2v) is 3.92. The summed E-state index contributed by atoms with van der Waals surface area (Å²) in [4.78, 5) is 11.0. The Morgan fingerprint density at radius 1 is 1.17 bits per heavy atom. The first kappa shape index (κ1) is 14.4. The molecule has 1 heterocycles. The molecule has 0 radical (unpaired) electrons. The number of aliphatic hydroxyl groups is 2. The quantitative estimate of drug-likeness (QED) is 0.757. The second-order valence-electron chi connectivity index (χ2n) is 3.48. The fraction of sp³-hybridized carbons (Fsp3) is 0.154. The molecule has 1 aromatic carbocycles. The van der Waals surface area contributed by atoms with Gasteiger partial charge >= 0.3 is 0 Å². The maximum atomic E-state index is 11.0. The van der Waals surface area contributed by atoms with Crippen LogP contribution in [0.5, 0.6) is 0 Å². The number of aliphatic hydroxyl groups excluding tert-OH is 2. The SMILES string of the molecule is C=C1NC(=O)C=C1c1ccc(Cl)cc1.OCCO. The number of hydrogen-bond donors (Lipinski definition) is 3. The van der Waals surface area contributed by atoms with Crippen molar-refractivity contribution in [3.63, 3.8) is 0 Å². The van der Waals surface area contributed by atoms with Crippen LogP contribution in [0, 0.1) is 0 Å². The Morgan fingerprint density at radius 3 is 2.11 bits per heavy atom. The first-order chi connectivity index (χ1) is 8.58. The molecule has 3 N–H and O–H groups in total. The number of nitrogens with one attached hydrogen (secondary N) is 1. The van der Waals surface area contributed by atoms with Crippen LogP contribution in [0.4, 0.5) is 0 Å². The summed E-state index contributed by atoms with van der Waals surface area (Å²) in [7, 11) is 0. The van der Waals surface area contributed by atoms with Gasteiger partial charge < -0.3 is 15.5 Å². The summed E-state index contributed by atoms with van der Waals surface area (Å²) in [5.74, 6) is -0.125. The minimum Gasteiger partial charge on any atom is -0.394 e. The van der Waals surface area contributed by atoms with Crippen LogP contribution < -0.4 is 5.32 Å². The Morgan fingerprint density at radius 2 is 1.72 bits per heavy atom. The third-order valence-electron chi connectivity index (χ3n) is 2.13. The lowest BCUT2D eigenvalue weighted by Crippen LogP contribution is -2.12. The Labute approximate surface area is 110 Å². The fourth-order valence-corrected chi connectivity index (χ4v) is 1.48. The summed E-state index contributed by atoms with van der Waals surface area (Å²) in [6.45, 7) is 3.50. The van der Waals surface area contributed by atoms with Gasteiger partial charge in [-0.25, -0.2) is 0 Å². The third kappa shape index (κ3) is 4.00. The minimum absolute atomic E-state index is 0.125. The molecule has 0 fully saturated rings. The van der Waals surface area contributed by atoms with Gasteiger partial charge in [-0.2, -0.15) is 0 Å². The van der Waals surface area contributed by atoms with Gasteiger partial charge in [-0.1, -0.05) is 30.3 Å². The van der Waals surface area contributed by atoms with Crippen LogP contribution in [0.1, 0.15) is 5.56 Å². The normalized spacial score (nSPS) is 13.6. The van der Waals surface area contributed by atoms with Crippen molar-refractivity contribution in [3.05, 3.63) is 53.2 Å². The summed E-state index contributed by atoms with van der Waals surface area (Å²) < 4.78 is 0. The molecular weight excluding hydrogens is 254 g/mol. The summed E-state index contributed by atoms with van der Waals surface area (Å²) in [6, 6.07) is 7.29. The Hall–Kier alpha value is -1.62. The number of carbonyl (C=O) groups excluding carboxylic acids is 1. The van der Waals surface area contributed by atoms with E-state index in [-0.39, 0.29) is 19.1 Å². The van der Waals surface area contributed by atoms with Crippen molar-refractivity contribution in [1.29, 1.82) is 0 Å². The fourth-order valence-electron chi connectivity index (χ4n) is 1.36. The van der Waals surface area contributed by atoms with E-state index in [2.05, 4.69) is 11.9 Å². The average molecular weight is 268 g/mol. The Bertz CT molecular complexity index is 464. The molecule has 0 bridgehead atoms. The van der Waals surface area contributed by atoms with Crippen molar-refractivity contribution in [3.8, 4) is 0 Å². The standard InChI is InChI=1S/C11H8ClNO.C2H6O2/c1-7-10(6-11(14)13-7)8-2-4-9(12)5-3-8;3-1-2-4/h2-6H,1H2,(H,13,14);3-4H,1-2H2. The van der Waals surface area contributed by atoms with Crippen LogP contribution in [0.2, 0.25) is 5.02 Å². The maximum Gasteiger partial charge on any atom is 0.249 e. The van der Waals surface area contributed by atoms with Gasteiger partial charge in [-0.3, -0.25) is 4.79 Å². The van der Waals surface area contributed by atoms with Crippen molar-refractivity contribution in [2.45, 2.75) is 0 Å². The predicted octanol–water partition coefficient (Wildman–Crippen LogP) is 1.34. The highest BCUT2D eigenvalue weighted by molar-refractivity contribution is 6.30. The van der Waals surface area contributed by atoms with Gasteiger partial charge in [0.1, 0.15) is 0 Å². The number of amides is 1. The van der Waals surface area contributed by atoms with Crippen LogP contribution in [0.15, 0.2) is 42.6 Å². The van der Waals surface area contributed by atoms with Gasteiger partial charge in [0.05, 0.1) is 13.2 Å². The van der Waals surface area contributed by atoms with Crippen molar-refractivity contribution < 1.29 is 15.0 Å². The van der Waals surface area contributed by atoms with Gasteiger partial charge in [0.15, 0.2) is 0 Å². The molecule has 4 nitrogen and oxygen atoms in total. The second kappa shape index (κ2) is 6.96. The van der Waals surface area contributed by atoms with Crippen molar-refractivity contribution in [2.24, 2.45) is 0 Å². The van der Waals surface area contributed by atoms with Gasteiger partial charge in [-0.05, 0) is 17.7 Å². The molecule has 0 aromatic heterocycles. The third-order valence-corrected chi connectivity index (χ3v) is 2.38. The Balaban J connectivity index is 0.000000357.